The summed E-state index contributed by atoms with van der Waals surface area (Å²) >= 11 is 0. The fraction of sp³-hybridized carbons (Fsp3) is 0.308. The van der Waals surface area contributed by atoms with Crippen molar-refractivity contribution < 1.29 is 13.9 Å². The van der Waals surface area contributed by atoms with E-state index in [0.717, 1.165) is 16.5 Å². The first-order valence-corrected chi connectivity index (χ1v) is 5.45. The van der Waals surface area contributed by atoms with Crippen LogP contribution in [-0.2, 0) is 16.1 Å². The van der Waals surface area contributed by atoms with Gasteiger partial charge in [0.15, 0.2) is 0 Å². The molecule has 2 aromatic rings. The quantitative estimate of drug-likeness (QED) is 0.824. The van der Waals surface area contributed by atoms with Gasteiger partial charge in [-0.15, -0.1) is 0 Å². The van der Waals surface area contributed by atoms with Crippen LogP contribution in [0.1, 0.15) is 16.9 Å². The molecule has 0 aliphatic carbocycles. The molecule has 0 amide bonds. The monoisotopic (exact) mass is 233 g/mol. The average Bonchev–Trinajstić information content (AvgIpc) is 2.69. The minimum atomic E-state index is -0.432. The van der Waals surface area contributed by atoms with E-state index in [1.807, 2.05) is 26.0 Å². The number of rotatable bonds is 3. The molecule has 4 heteroatoms. The number of benzene rings is 1. The Balaban J connectivity index is 2.26. The minimum Gasteiger partial charge on any atom is -0.457 e. The third-order valence-electron chi connectivity index (χ3n) is 2.54. The zero-order valence-electron chi connectivity index (χ0n) is 9.95. The Hall–Kier alpha value is -1.81. The van der Waals surface area contributed by atoms with Crippen molar-refractivity contribution in [2.45, 2.75) is 20.5 Å². The van der Waals surface area contributed by atoms with Crippen LogP contribution < -0.4 is 5.73 Å². The van der Waals surface area contributed by atoms with E-state index in [9.17, 15) is 4.79 Å². The van der Waals surface area contributed by atoms with Crippen molar-refractivity contribution in [2.75, 3.05) is 6.54 Å². The van der Waals surface area contributed by atoms with E-state index in [1.165, 1.54) is 5.56 Å². The van der Waals surface area contributed by atoms with Crippen LogP contribution in [0.2, 0.25) is 0 Å². The standard InChI is InChI=1S/C13H15NO3/c1-8-3-9(2)13-10(4-8)5-11(17-13)7-16-12(15)6-14/h3-5H,6-7,14H2,1-2H3. The maximum Gasteiger partial charge on any atom is 0.320 e. The number of hydrogen-bond acceptors (Lipinski definition) is 4. The average molecular weight is 233 g/mol. The first-order chi connectivity index (χ1) is 8.10. The van der Waals surface area contributed by atoms with Crippen LogP contribution in [0.5, 0.6) is 0 Å². The van der Waals surface area contributed by atoms with Crippen molar-refractivity contribution in [1.29, 1.82) is 0 Å². The van der Waals surface area contributed by atoms with Gasteiger partial charge < -0.3 is 14.9 Å². The summed E-state index contributed by atoms with van der Waals surface area (Å²) in [7, 11) is 0. The summed E-state index contributed by atoms with van der Waals surface area (Å²) in [5.41, 5.74) is 8.25. The zero-order valence-corrected chi connectivity index (χ0v) is 9.95. The summed E-state index contributed by atoms with van der Waals surface area (Å²) in [4.78, 5) is 10.9. The second kappa shape index (κ2) is 4.59. The van der Waals surface area contributed by atoms with Crippen LogP contribution >= 0.6 is 0 Å². The SMILES string of the molecule is Cc1cc(C)c2oc(COC(=O)CN)cc2c1. The molecule has 1 aromatic carbocycles. The lowest BCUT2D eigenvalue weighted by atomic mass is 10.1. The van der Waals surface area contributed by atoms with Crippen molar-refractivity contribution in [2.24, 2.45) is 5.73 Å². The van der Waals surface area contributed by atoms with Gasteiger partial charge in [-0.2, -0.15) is 0 Å². The number of fused-ring (bicyclic) bond motifs is 1. The molecule has 0 radical (unpaired) electrons. The summed E-state index contributed by atoms with van der Waals surface area (Å²) < 4.78 is 10.5. The molecule has 2 N–H and O–H groups in total. The Morgan fingerprint density at radius 3 is 2.82 bits per heavy atom. The summed E-state index contributed by atoms with van der Waals surface area (Å²) in [6, 6.07) is 5.99. The van der Waals surface area contributed by atoms with Gasteiger partial charge in [-0.3, -0.25) is 4.79 Å². The van der Waals surface area contributed by atoms with E-state index < -0.39 is 5.97 Å². The van der Waals surface area contributed by atoms with Crippen LogP contribution in [0, 0.1) is 13.8 Å². The van der Waals surface area contributed by atoms with Crippen LogP contribution in [-0.4, -0.2) is 12.5 Å². The molecule has 0 bridgehead atoms. The molecule has 17 heavy (non-hydrogen) atoms. The van der Waals surface area contributed by atoms with Gasteiger partial charge in [0.2, 0.25) is 0 Å². The molecule has 0 aliphatic rings. The molecule has 0 saturated carbocycles. The van der Waals surface area contributed by atoms with Crippen molar-refractivity contribution in [3.63, 3.8) is 0 Å². The second-order valence-electron chi connectivity index (χ2n) is 4.08. The van der Waals surface area contributed by atoms with Crippen LogP contribution in [0.25, 0.3) is 11.0 Å². The zero-order chi connectivity index (χ0) is 12.4. The predicted molar refractivity (Wildman–Crippen MR) is 64.5 cm³/mol. The summed E-state index contributed by atoms with van der Waals surface area (Å²) in [6.07, 6.45) is 0. The Morgan fingerprint density at radius 2 is 2.12 bits per heavy atom. The van der Waals surface area contributed by atoms with E-state index in [4.69, 9.17) is 14.9 Å². The Morgan fingerprint density at radius 1 is 1.35 bits per heavy atom. The summed E-state index contributed by atoms with van der Waals surface area (Å²) in [6.45, 7) is 4.05. The molecule has 2 rings (SSSR count). The van der Waals surface area contributed by atoms with Crippen LogP contribution in [0.4, 0.5) is 0 Å². The van der Waals surface area contributed by atoms with Crippen molar-refractivity contribution in [1.82, 2.24) is 0 Å². The van der Waals surface area contributed by atoms with Gasteiger partial charge in [-0.05, 0) is 31.5 Å². The summed E-state index contributed by atoms with van der Waals surface area (Å²) in [5.74, 6) is 0.203. The van der Waals surface area contributed by atoms with Crippen LogP contribution in [0.3, 0.4) is 0 Å². The molecule has 0 atom stereocenters. The Labute approximate surface area is 99.3 Å². The lowest BCUT2D eigenvalue weighted by molar-refractivity contribution is -0.143. The van der Waals surface area contributed by atoms with E-state index in [2.05, 4.69) is 6.07 Å². The number of hydrogen-bond donors (Lipinski definition) is 1. The largest absolute Gasteiger partial charge is 0.457 e. The second-order valence-corrected chi connectivity index (χ2v) is 4.08. The van der Waals surface area contributed by atoms with E-state index in [-0.39, 0.29) is 13.2 Å². The number of furan rings is 1. The van der Waals surface area contributed by atoms with Crippen LogP contribution in [0.15, 0.2) is 22.6 Å². The topological polar surface area (TPSA) is 65.5 Å². The number of nitrogens with two attached hydrogens (primary N) is 1. The molecule has 90 valence electrons. The van der Waals surface area contributed by atoms with Crippen molar-refractivity contribution >= 4 is 16.9 Å². The molecule has 0 fully saturated rings. The number of carbonyl (C=O) groups excluding carboxylic acids is 1. The molecular weight excluding hydrogens is 218 g/mol. The van der Waals surface area contributed by atoms with Gasteiger partial charge in [0.1, 0.15) is 18.0 Å². The smallest absolute Gasteiger partial charge is 0.320 e. The Bertz CT molecular complexity index is 557. The van der Waals surface area contributed by atoms with Crippen molar-refractivity contribution in [3.05, 3.63) is 35.1 Å². The highest BCUT2D eigenvalue weighted by molar-refractivity contribution is 5.81. The fourth-order valence-electron chi connectivity index (χ4n) is 1.85. The highest BCUT2D eigenvalue weighted by Crippen LogP contribution is 2.24. The van der Waals surface area contributed by atoms with Gasteiger partial charge in [0.05, 0.1) is 6.54 Å². The van der Waals surface area contributed by atoms with Crippen molar-refractivity contribution in [3.8, 4) is 0 Å². The number of aryl methyl sites for hydroxylation is 2. The lowest BCUT2D eigenvalue weighted by Gasteiger charge is -1.99. The fourth-order valence-corrected chi connectivity index (χ4v) is 1.85. The molecule has 0 aliphatic heterocycles. The third-order valence-corrected chi connectivity index (χ3v) is 2.54. The Kier molecular flexibility index (Phi) is 3.15. The third kappa shape index (κ3) is 2.47. The highest BCUT2D eigenvalue weighted by Gasteiger charge is 2.08. The number of esters is 1. The van der Waals surface area contributed by atoms with Gasteiger partial charge >= 0.3 is 5.97 Å². The maximum absolute atomic E-state index is 10.9. The predicted octanol–water partition coefficient (Wildman–Crippen LogP) is 2.05. The van der Waals surface area contributed by atoms with E-state index in [1.54, 1.807) is 0 Å². The minimum absolute atomic E-state index is 0.113. The van der Waals surface area contributed by atoms with Gasteiger partial charge in [-0.25, -0.2) is 0 Å². The molecule has 0 unspecified atom stereocenters. The highest BCUT2D eigenvalue weighted by atomic mass is 16.5. The number of carbonyl (C=O) groups is 1. The van der Waals surface area contributed by atoms with Gasteiger partial charge in [0, 0.05) is 5.39 Å². The molecule has 1 aromatic heterocycles. The molecule has 0 spiro atoms. The normalized spacial score (nSPS) is 10.8. The molecule has 0 saturated heterocycles. The van der Waals surface area contributed by atoms with E-state index in [0.29, 0.717) is 5.76 Å². The molecular formula is C13H15NO3. The maximum atomic E-state index is 10.9. The first-order valence-electron chi connectivity index (χ1n) is 5.45. The van der Waals surface area contributed by atoms with Gasteiger partial charge in [0.25, 0.3) is 0 Å². The van der Waals surface area contributed by atoms with E-state index >= 15 is 0 Å². The first kappa shape index (κ1) is 11.7. The van der Waals surface area contributed by atoms with Gasteiger partial charge in [-0.1, -0.05) is 11.6 Å². The lowest BCUT2D eigenvalue weighted by Crippen LogP contribution is -2.16. The molecule has 4 nitrogen and oxygen atoms in total. The summed E-state index contributed by atoms with van der Waals surface area (Å²) in [5, 5.41) is 1.03. The molecule has 1 heterocycles. The number of ether oxygens (including phenoxy) is 1.